The highest BCUT2D eigenvalue weighted by atomic mass is 19.1. The number of aliphatic imine (C=N–C) groups is 1. The molecule has 1 atom stereocenters. The zero-order valence-electron chi connectivity index (χ0n) is 17.1. The van der Waals surface area contributed by atoms with Gasteiger partial charge in [0.25, 0.3) is 0 Å². The van der Waals surface area contributed by atoms with E-state index < -0.39 is 0 Å². The second-order valence-electron chi connectivity index (χ2n) is 8.49. The van der Waals surface area contributed by atoms with E-state index in [-0.39, 0.29) is 11.4 Å². The SMILES string of the molecule is Cc1cc(C2(C)c3ccc(C4CCCC4)cc3N=CN2C)c(C)c(C)c1F. The molecular formula is C24H29FN2. The maximum Gasteiger partial charge on any atom is 0.129 e. The van der Waals surface area contributed by atoms with E-state index in [1.165, 1.54) is 36.8 Å². The molecule has 142 valence electrons. The lowest BCUT2D eigenvalue weighted by molar-refractivity contribution is 0.290. The fraction of sp³-hybridized carbons (Fsp3) is 0.458. The molecule has 2 nitrogen and oxygen atoms in total. The van der Waals surface area contributed by atoms with E-state index in [9.17, 15) is 4.39 Å². The van der Waals surface area contributed by atoms with Crippen molar-refractivity contribution in [3.05, 3.63) is 63.5 Å². The molecule has 2 aliphatic rings. The molecule has 0 amide bonds. The Labute approximate surface area is 162 Å². The van der Waals surface area contributed by atoms with Gasteiger partial charge in [-0.05, 0) is 80.3 Å². The zero-order chi connectivity index (χ0) is 19.3. The first-order valence-corrected chi connectivity index (χ1v) is 10.0. The Kier molecular flexibility index (Phi) is 4.37. The minimum atomic E-state index is -0.363. The Morgan fingerprint density at radius 3 is 2.44 bits per heavy atom. The number of aryl methyl sites for hydroxylation is 1. The van der Waals surface area contributed by atoms with E-state index in [1.54, 1.807) is 0 Å². The molecule has 1 unspecified atom stereocenters. The summed E-state index contributed by atoms with van der Waals surface area (Å²) in [6, 6.07) is 8.84. The van der Waals surface area contributed by atoms with Crippen molar-refractivity contribution >= 4 is 12.0 Å². The average Bonchev–Trinajstić information content (AvgIpc) is 3.20. The molecule has 2 aromatic rings. The Hall–Kier alpha value is -2.16. The molecule has 0 saturated heterocycles. The van der Waals surface area contributed by atoms with Gasteiger partial charge in [-0.1, -0.05) is 31.0 Å². The Bertz CT molecular complexity index is 924. The first kappa shape index (κ1) is 18.2. The van der Waals surface area contributed by atoms with Crippen molar-refractivity contribution in [2.24, 2.45) is 4.99 Å². The third kappa shape index (κ3) is 2.70. The van der Waals surface area contributed by atoms with Gasteiger partial charge < -0.3 is 4.90 Å². The van der Waals surface area contributed by atoms with Crippen molar-refractivity contribution in [1.29, 1.82) is 0 Å². The van der Waals surface area contributed by atoms with Gasteiger partial charge in [0.05, 0.1) is 17.6 Å². The number of nitrogens with zero attached hydrogens (tertiary/aromatic N) is 2. The van der Waals surface area contributed by atoms with Gasteiger partial charge in [-0.2, -0.15) is 0 Å². The van der Waals surface area contributed by atoms with Gasteiger partial charge in [-0.15, -0.1) is 0 Å². The lowest BCUT2D eigenvalue weighted by Crippen LogP contribution is -2.44. The van der Waals surface area contributed by atoms with E-state index in [4.69, 9.17) is 4.99 Å². The lowest BCUT2D eigenvalue weighted by atomic mass is 9.77. The molecule has 0 bridgehead atoms. The fourth-order valence-electron chi connectivity index (χ4n) is 4.93. The normalized spacial score (nSPS) is 22.4. The molecule has 1 fully saturated rings. The number of halogens is 1. The predicted molar refractivity (Wildman–Crippen MR) is 111 cm³/mol. The number of hydrogen-bond acceptors (Lipinski definition) is 2. The van der Waals surface area contributed by atoms with Crippen molar-refractivity contribution in [1.82, 2.24) is 4.90 Å². The topological polar surface area (TPSA) is 15.6 Å². The summed E-state index contributed by atoms with van der Waals surface area (Å²) in [4.78, 5) is 6.90. The van der Waals surface area contributed by atoms with Crippen LogP contribution in [0.2, 0.25) is 0 Å². The van der Waals surface area contributed by atoms with Crippen LogP contribution in [0.3, 0.4) is 0 Å². The monoisotopic (exact) mass is 364 g/mol. The predicted octanol–water partition coefficient (Wildman–Crippen LogP) is 6.28. The van der Waals surface area contributed by atoms with Gasteiger partial charge >= 0.3 is 0 Å². The van der Waals surface area contributed by atoms with Crippen LogP contribution in [0.5, 0.6) is 0 Å². The van der Waals surface area contributed by atoms with E-state index in [1.807, 2.05) is 33.2 Å². The zero-order valence-corrected chi connectivity index (χ0v) is 17.1. The Balaban J connectivity index is 1.88. The van der Waals surface area contributed by atoms with Gasteiger partial charge in [-0.3, -0.25) is 0 Å². The molecule has 0 spiro atoms. The number of fused-ring (bicyclic) bond motifs is 1. The van der Waals surface area contributed by atoms with E-state index in [2.05, 4.69) is 37.1 Å². The molecule has 3 heteroatoms. The summed E-state index contributed by atoms with van der Waals surface area (Å²) in [6.45, 7) is 8.00. The van der Waals surface area contributed by atoms with Crippen molar-refractivity contribution in [3.63, 3.8) is 0 Å². The third-order valence-corrected chi connectivity index (χ3v) is 6.98. The smallest absolute Gasteiger partial charge is 0.129 e. The maximum absolute atomic E-state index is 14.4. The maximum atomic E-state index is 14.4. The van der Waals surface area contributed by atoms with Crippen LogP contribution in [0.1, 0.15) is 71.9 Å². The van der Waals surface area contributed by atoms with Crippen molar-refractivity contribution in [2.75, 3.05) is 7.05 Å². The van der Waals surface area contributed by atoms with Crippen molar-refractivity contribution in [2.45, 2.75) is 64.8 Å². The molecule has 1 aliphatic carbocycles. The second kappa shape index (κ2) is 6.47. The highest BCUT2D eigenvalue weighted by molar-refractivity contribution is 5.73. The Morgan fingerprint density at radius 1 is 1.04 bits per heavy atom. The molecule has 0 radical (unpaired) electrons. The molecule has 1 saturated carbocycles. The number of benzene rings is 2. The van der Waals surface area contributed by atoms with Crippen LogP contribution < -0.4 is 0 Å². The van der Waals surface area contributed by atoms with Crippen LogP contribution in [0.25, 0.3) is 0 Å². The molecule has 4 rings (SSSR count). The van der Waals surface area contributed by atoms with Gasteiger partial charge in [0.2, 0.25) is 0 Å². The molecule has 1 heterocycles. The van der Waals surface area contributed by atoms with Crippen molar-refractivity contribution < 1.29 is 4.39 Å². The largest absolute Gasteiger partial charge is 0.352 e. The summed E-state index contributed by atoms with van der Waals surface area (Å²) >= 11 is 0. The molecular weight excluding hydrogens is 335 g/mol. The molecule has 27 heavy (non-hydrogen) atoms. The molecule has 0 N–H and O–H groups in total. The van der Waals surface area contributed by atoms with Crippen LogP contribution in [0.4, 0.5) is 10.1 Å². The van der Waals surface area contributed by atoms with Crippen LogP contribution in [0.15, 0.2) is 29.3 Å². The summed E-state index contributed by atoms with van der Waals surface area (Å²) in [5.41, 5.74) is 6.93. The average molecular weight is 365 g/mol. The molecule has 1 aliphatic heterocycles. The van der Waals surface area contributed by atoms with E-state index >= 15 is 0 Å². The minimum Gasteiger partial charge on any atom is -0.352 e. The van der Waals surface area contributed by atoms with Gasteiger partial charge in [0.1, 0.15) is 5.82 Å². The highest BCUT2D eigenvalue weighted by Gasteiger charge is 2.39. The highest BCUT2D eigenvalue weighted by Crippen LogP contribution is 2.46. The summed E-state index contributed by atoms with van der Waals surface area (Å²) < 4.78 is 14.4. The molecule has 0 aromatic heterocycles. The van der Waals surface area contributed by atoms with Gasteiger partial charge in [0, 0.05) is 12.6 Å². The van der Waals surface area contributed by atoms with Crippen LogP contribution in [-0.2, 0) is 5.54 Å². The quantitative estimate of drug-likeness (QED) is 0.612. The summed E-state index contributed by atoms with van der Waals surface area (Å²) in [5, 5.41) is 0. The van der Waals surface area contributed by atoms with Crippen LogP contribution in [-0.4, -0.2) is 18.3 Å². The van der Waals surface area contributed by atoms with Crippen molar-refractivity contribution in [3.8, 4) is 0 Å². The third-order valence-electron chi connectivity index (χ3n) is 6.98. The first-order chi connectivity index (χ1) is 12.8. The molecule has 2 aromatic carbocycles. The Morgan fingerprint density at radius 2 is 1.74 bits per heavy atom. The standard InChI is InChI=1S/C24H29FN2/c1-15-12-21(16(2)17(3)23(15)25)24(4)20-11-10-19(18-8-6-7-9-18)13-22(20)26-14-27(24)5/h10-14,18H,6-9H2,1-5H3. The fourth-order valence-corrected chi connectivity index (χ4v) is 4.93. The summed E-state index contributed by atoms with van der Waals surface area (Å²) in [5.74, 6) is 0.581. The lowest BCUT2D eigenvalue weighted by Gasteiger charge is -2.43. The number of rotatable bonds is 2. The van der Waals surface area contributed by atoms with E-state index in [0.29, 0.717) is 11.5 Å². The second-order valence-corrected chi connectivity index (χ2v) is 8.49. The van der Waals surface area contributed by atoms with E-state index in [0.717, 1.165) is 22.4 Å². The summed E-state index contributed by atoms with van der Waals surface area (Å²) in [6.07, 6.45) is 7.16. The summed E-state index contributed by atoms with van der Waals surface area (Å²) in [7, 11) is 2.06. The van der Waals surface area contributed by atoms with Crippen LogP contribution in [0, 0.1) is 26.6 Å². The van der Waals surface area contributed by atoms with Gasteiger partial charge in [-0.25, -0.2) is 9.38 Å². The number of hydrogen-bond donors (Lipinski definition) is 0. The first-order valence-electron chi connectivity index (χ1n) is 10.0. The minimum absolute atomic E-state index is 0.0937. The van der Waals surface area contributed by atoms with Crippen LogP contribution >= 0.6 is 0 Å². The van der Waals surface area contributed by atoms with Gasteiger partial charge in [0.15, 0.2) is 0 Å².